The molecule has 6 heteroatoms. The van der Waals surface area contributed by atoms with Crippen molar-refractivity contribution < 1.29 is 23.1 Å². The van der Waals surface area contributed by atoms with Gasteiger partial charge in [-0.05, 0) is 30.5 Å². The first-order valence-corrected chi connectivity index (χ1v) is 6.22. The van der Waals surface area contributed by atoms with Crippen molar-refractivity contribution in [2.24, 2.45) is 0 Å². The van der Waals surface area contributed by atoms with Crippen LogP contribution in [0.4, 0.5) is 8.78 Å². The topological polar surface area (TPSA) is 46.6 Å². The van der Waals surface area contributed by atoms with Crippen molar-refractivity contribution in [3.8, 4) is 0 Å². The van der Waals surface area contributed by atoms with Gasteiger partial charge in [0.2, 0.25) is 0 Å². The van der Waals surface area contributed by atoms with Crippen molar-refractivity contribution in [2.75, 3.05) is 6.61 Å². The molecule has 0 aromatic heterocycles. The fraction of sp³-hybridized carbons (Fsp3) is 0.286. The number of carbonyl (C=O) groups is 2. The van der Waals surface area contributed by atoms with E-state index in [2.05, 4.69) is 0 Å². The lowest BCUT2D eigenvalue weighted by Crippen LogP contribution is -2.46. The van der Waals surface area contributed by atoms with Crippen LogP contribution in [0.3, 0.4) is 0 Å². The van der Waals surface area contributed by atoms with E-state index in [4.69, 9.17) is 4.74 Å². The lowest BCUT2D eigenvalue weighted by atomic mass is 9.95. The van der Waals surface area contributed by atoms with Crippen molar-refractivity contribution in [2.45, 2.75) is 18.9 Å². The fourth-order valence-electron chi connectivity index (χ4n) is 2.57. The summed E-state index contributed by atoms with van der Waals surface area (Å²) in [5.74, 6) is -3.59. The Morgan fingerprint density at radius 1 is 1.20 bits per heavy atom. The van der Waals surface area contributed by atoms with Crippen LogP contribution in [0.1, 0.15) is 24.4 Å². The molecule has 1 amide bonds. The fourth-order valence-corrected chi connectivity index (χ4v) is 2.57. The second-order valence-electron chi connectivity index (χ2n) is 4.71. The van der Waals surface area contributed by atoms with Crippen LogP contribution in [0, 0.1) is 11.6 Å². The quantitative estimate of drug-likeness (QED) is 0.584. The number of ether oxygens (including phenoxy) is 1. The number of benzene rings is 1. The largest absolute Gasteiger partial charge is 0.452 e. The molecule has 0 bridgehead atoms. The summed E-state index contributed by atoms with van der Waals surface area (Å²) >= 11 is 0. The summed E-state index contributed by atoms with van der Waals surface area (Å²) in [6, 6.07) is 3.05. The number of carbonyl (C=O) groups excluding carboxylic acids is 2. The van der Waals surface area contributed by atoms with Gasteiger partial charge >= 0.3 is 11.9 Å². The summed E-state index contributed by atoms with van der Waals surface area (Å²) in [6.45, 7) is 0.0325. The number of halogens is 2. The standard InChI is InChI=1S/C14H11F2NO3/c15-10-5-4-8(6-11(10)16)12-3-1-2-9-7-20-14(19)13(18)17(9)12/h2,4-6,12H,1,3,7H2/t12-/m0/s1. The van der Waals surface area contributed by atoms with Gasteiger partial charge in [-0.2, -0.15) is 0 Å². The van der Waals surface area contributed by atoms with Crippen molar-refractivity contribution in [1.82, 2.24) is 4.90 Å². The average molecular weight is 279 g/mol. The Balaban J connectivity index is 2.00. The molecule has 0 aliphatic carbocycles. The Morgan fingerprint density at radius 3 is 2.75 bits per heavy atom. The summed E-state index contributed by atoms with van der Waals surface area (Å²) in [7, 11) is 0. The van der Waals surface area contributed by atoms with Crippen molar-refractivity contribution in [3.05, 3.63) is 47.2 Å². The zero-order valence-corrected chi connectivity index (χ0v) is 10.4. The number of amides is 1. The lowest BCUT2D eigenvalue weighted by molar-refractivity contribution is -0.165. The SMILES string of the molecule is O=C1OCC2=CCC[C@@H](c3ccc(F)c(F)c3)N2C1=O. The molecule has 104 valence electrons. The first-order chi connectivity index (χ1) is 9.58. The third kappa shape index (κ3) is 1.97. The maximum Gasteiger partial charge on any atom is 0.397 e. The molecule has 1 aromatic rings. The van der Waals surface area contributed by atoms with E-state index >= 15 is 0 Å². The van der Waals surface area contributed by atoms with E-state index in [1.165, 1.54) is 11.0 Å². The predicted molar refractivity (Wildman–Crippen MR) is 64.2 cm³/mol. The molecule has 3 rings (SSSR count). The molecule has 2 aliphatic rings. The summed E-state index contributed by atoms with van der Waals surface area (Å²) in [4.78, 5) is 24.6. The summed E-state index contributed by atoms with van der Waals surface area (Å²) in [5.41, 5.74) is 1.06. The van der Waals surface area contributed by atoms with Gasteiger partial charge in [-0.25, -0.2) is 13.6 Å². The zero-order valence-electron chi connectivity index (χ0n) is 10.4. The normalized spacial score (nSPS) is 22.2. The molecule has 4 nitrogen and oxygen atoms in total. The Morgan fingerprint density at radius 2 is 2.00 bits per heavy atom. The molecule has 0 unspecified atom stereocenters. The Kier molecular flexibility index (Phi) is 3.00. The molecule has 0 saturated carbocycles. The van der Waals surface area contributed by atoms with Crippen molar-refractivity contribution in [1.29, 1.82) is 0 Å². The van der Waals surface area contributed by atoms with Gasteiger partial charge in [-0.3, -0.25) is 9.69 Å². The molecule has 0 N–H and O–H groups in total. The molecule has 1 fully saturated rings. The number of fused-ring (bicyclic) bond motifs is 1. The molecule has 20 heavy (non-hydrogen) atoms. The molecule has 1 atom stereocenters. The molecule has 0 radical (unpaired) electrons. The highest BCUT2D eigenvalue weighted by Crippen LogP contribution is 2.35. The van der Waals surface area contributed by atoms with Crippen LogP contribution in [-0.4, -0.2) is 23.4 Å². The van der Waals surface area contributed by atoms with E-state index in [9.17, 15) is 18.4 Å². The van der Waals surface area contributed by atoms with Gasteiger partial charge in [-0.1, -0.05) is 12.1 Å². The minimum Gasteiger partial charge on any atom is -0.452 e. The number of allylic oxidation sites excluding steroid dienone is 1. The minimum absolute atomic E-state index is 0.0325. The molecule has 1 saturated heterocycles. The van der Waals surface area contributed by atoms with E-state index in [1.807, 2.05) is 6.08 Å². The Hall–Kier alpha value is -2.24. The van der Waals surface area contributed by atoms with Crippen molar-refractivity contribution in [3.63, 3.8) is 0 Å². The van der Waals surface area contributed by atoms with Gasteiger partial charge in [0, 0.05) is 0 Å². The maximum atomic E-state index is 13.3. The van der Waals surface area contributed by atoms with Gasteiger partial charge in [0.15, 0.2) is 11.6 Å². The predicted octanol–water partition coefficient (Wildman–Crippen LogP) is 2.07. The molecular formula is C14H11F2NO3. The van der Waals surface area contributed by atoms with Gasteiger partial charge in [0.05, 0.1) is 11.7 Å². The Labute approximate surface area is 113 Å². The number of esters is 1. The second kappa shape index (κ2) is 4.70. The highest BCUT2D eigenvalue weighted by molar-refractivity contribution is 6.33. The van der Waals surface area contributed by atoms with E-state index in [1.54, 1.807) is 0 Å². The van der Waals surface area contributed by atoms with Crippen LogP contribution in [0.5, 0.6) is 0 Å². The van der Waals surface area contributed by atoms with E-state index in [0.29, 0.717) is 24.1 Å². The van der Waals surface area contributed by atoms with Gasteiger partial charge in [0.1, 0.15) is 6.61 Å². The van der Waals surface area contributed by atoms with Crippen LogP contribution in [0.15, 0.2) is 30.0 Å². The lowest BCUT2D eigenvalue weighted by Gasteiger charge is -2.38. The maximum absolute atomic E-state index is 13.3. The van der Waals surface area contributed by atoms with Crippen molar-refractivity contribution >= 4 is 11.9 Å². The van der Waals surface area contributed by atoms with E-state index < -0.39 is 29.6 Å². The molecular weight excluding hydrogens is 268 g/mol. The molecule has 2 aliphatic heterocycles. The number of rotatable bonds is 1. The second-order valence-corrected chi connectivity index (χ2v) is 4.71. The molecule has 2 heterocycles. The smallest absolute Gasteiger partial charge is 0.397 e. The number of morpholine rings is 1. The number of hydrogen-bond acceptors (Lipinski definition) is 3. The number of cyclic esters (lactones) is 1. The van der Waals surface area contributed by atoms with Crippen LogP contribution in [0.25, 0.3) is 0 Å². The third-order valence-corrected chi connectivity index (χ3v) is 3.51. The van der Waals surface area contributed by atoms with Crippen LogP contribution >= 0.6 is 0 Å². The van der Waals surface area contributed by atoms with Crippen LogP contribution in [-0.2, 0) is 14.3 Å². The monoisotopic (exact) mass is 279 g/mol. The molecule has 1 aromatic carbocycles. The van der Waals surface area contributed by atoms with E-state index in [0.717, 1.165) is 12.1 Å². The summed E-state index contributed by atoms with van der Waals surface area (Å²) < 4.78 is 31.1. The first-order valence-electron chi connectivity index (χ1n) is 6.22. The van der Waals surface area contributed by atoms with E-state index in [-0.39, 0.29) is 6.61 Å². The Bertz CT molecular complexity index is 627. The summed E-state index contributed by atoms with van der Waals surface area (Å²) in [5, 5.41) is 0. The third-order valence-electron chi connectivity index (χ3n) is 3.51. The first kappa shape index (κ1) is 12.8. The summed E-state index contributed by atoms with van der Waals surface area (Å²) in [6.07, 6.45) is 3.05. The van der Waals surface area contributed by atoms with Gasteiger partial charge < -0.3 is 4.74 Å². The highest BCUT2D eigenvalue weighted by Gasteiger charge is 2.39. The molecule has 0 spiro atoms. The minimum atomic E-state index is -0.967. The average Bonchev–Trinajstić information content (AvgIpc) is 2.45. The number of hydrogen-bond donors (Lipinski definition) is 0. The number of nitrogens with zero attached hydrogens (tertiary/aromatic N) is 1. The van der Waals surface area contributed by atoms with Crippen LogP contribution in [0.2, 0.25) is 0 Å². The van der Waals surface area contributed by atoms with Gasteiger partial charge in [0.25, 0.3) is 0 Å². The zero-order chi connectivity index (χ0) is 14.3. The highest BCUT2D eigenvalue weighted by atomic mass is 19.2. The van der Waals surface area contributed by atoms with Crippen LogP contribution < -0.4 is 0 Å². The van der Waals surface area contributed by atoms with Gasteiger partial charge in [-0.15, -0.1) is 0 Å².